The molecule has 2 aromatic carbocycles. The molecule has 4 rings (SSSR count). The van der Waals surface area contributed by atoms with Crippen LogP contribution in [-0.4, -0.2) is 47.0 Å². The largest absolute Gasteiger partial charge is 0.496 e. The van der Waals surface area contributed by atoms with E-state index in [4.69, 9.17) is 9.73 Å². The summed E-state index contributed by atoms with van der Waals surface area (Å²) in [6.45, 7) is 7.49. The van der Waals surface area contributed by atoms with E-state index in [2.05, 4.69) is 5.32 Å². The second-order valence-corrected chi connectivity index (χ2v) is 9.39. The van der Waals surface area contributed by atoms with Crippen LogP contribution < -0.4 is 10.1 Å². The first-order chi connectivity index (χ1) is 17.5. The molecule has 188 valence electrons. The molecular formula is C28H32N4O3S. The van der Waals surface area contributed by atoms with Crippen molar-refractivity contribution in [3.05, 3.63) is 88.1 Å². The van der Waals surface area contributed by atoms with Crippen molar-refractivity contribution in [3.63, 3.8) is 0 Å². The predicted octanol–water partition coefficient (Wildman–Crippen LogP) is 4.85. The van der Waals surface area contributed by atoms with Gasteiger partial charge in [-0.3, -0.25) is 9.59 Å². The van der Waals surface area contributed by atoms with Crippen molar-refractivity contribution in [1.82, 2.24) is 15.1 Å². The molecule has 0 aliphatic carbocycles. The van der Waals surface area contributed by atoms with Crippen LogP contribution in [0.25, 0.3) is 0 Å². The summed E-state index contributed by atoms with van der Waals surface area (Å²) in [5.41, 5.74) is 3.99. The molecule has 2 aliphatic rings. The lowest BCUT2D eigenvalue weighted by Gasteiger charge is -2.38. The van der Waals surface area contributed by atoms with E-state index >= 15 is 0 Å². The van der Waals surface area contributed by atoms with Gasteiger partial charge in [-0.25, -0.2) is 4.99 Å². The number of carbonyl (C=O) groups is 2. The van der Waals surface area contributed by atoms with Crippen molar-refractivity contribution in [2.24, 2.45) is 4.99 Å². The van der Waals surface area contributed by atoms with Gasteiger partial charge in [0.2, 0.25) is 5.91 Å². The first-order valence-corrected chi connectivity index (χ1v) is 13.0. The highest BCUT2D eigenvalue weighted by molar-refractivity contribution is 8.16. The summed E-state index contributed by atoms with van der Waals surface area (Å²) in [7, 11) is 1.63. The maximum atomic E-state index is 13.8. The highest BCUT2D eigenvalue weighted by Gasteiger charge is 2.42. The van der Waals surface area contributed by atoms with E-state index in [-0.39, 0.29) is 18.2 Å². The summed E-state index contributed by atoms with van der Waals surface area (Å²) in [5.74, 6) is 0.542. The molecular weight excluding hydrogens is 472 g/mol. The van der Waals surface area contributed by atoms with Crippen molar-refractivity contribution in [2.45, 2.75) is 39.8 Å². The minimum atomic E-state index is -0.454. The second kappa shape index (κ2) is 11.5. The van der Waals surface area contributed by atoms with Crippen molar-refractivity contribution < 1.29 is 14.3 Å². The van der Waals surface area contributed by atoms with Crippen molar-refractivity contribution in [1.29, 1.82) is 0 Å². The smallest absolute Gasteiger partial charge is 0.254 e. The number of aliphatic imine (C=N–C) groups is 1. The number of likely N-dealkylation sites (N-methyl/N-ethyl adjacent to an activating group) is 1. The van der Waals surface area contributed by atoms with Crippen molar-refractivity contribution in [3.8, 4) is 5.75 Å². The molecule has 1 unspecified atom stereocenters. The molecule has 2 heterocycles. The number of rotatable bonds is 9. The number of amides is 2. The van der Waals surface area contributed by atoms with Gasteiger partial charge < -0.3 is 19.9 Å². The molecule has 2 aliphatic heterocycles. The number of hydrogen-bond acceptors (Lipinski definition) is 6. The third-order valence-electron chi connectivity index (χ3n) is 6.39. The summed E-state index contributed by atoms with van der Waals surface area (Å²) in [6.07, 6.45) is 0.177. The normalized spacial score (nSPS) is 16.8. The van der Waals surface area contributed by atoms with Gasteiger partial charge in [0.1, 0.15) is 5.75 Å². The van der Waals surface area contributed by atoms with Gasteiger partial charge >= 0.3 is 0 Å². The number of nitrogens with zero attached hydrogens (tertiary/aromatic N) is 3. The molecule has 0 fully saturated rings. The third kappa shape index (κ3) is 5.18. The fourth-order valence-electron chi connectivity index (χ4n) is 4.53. The van der Waals surface area contributed by atoms with E-state index in [1.54, 1.807) is 12.0 Å². The predicted molar refractivity (Wildman–Crippen MR) is 144 cm³/mol. The Bertz CT molecular complexity index is 1220. The quantitative estimate of drug-likeness (QED) is 0.529. The zero-order valence-electron chi connectivity index (χ0n) is 21.2. The number of carbonyl (C=O) groups excluding carboxylic acids is 2. The van der Waals surface area contributed by atoms with Gasteiger partial charge in [-0.2, -0.15) is 0 Å². The van der Waals surface area contributed by atoms with Crippen LogP contribution in [0.5, 0.6) is 5.75 Å². The van der Waals surface area contributed by atoms with E-state index in [1.807, 2.05) is 85.7 Å². The topological polar surface area (TPSA) is 74.2 Å². The van der Waals surface area contributed by atoms with Gasteiger partial charge in [0.05, 0.1) is 30.8 Å². The van der Waals surface area contributed by atoms with Gasteiger partial charge in [-0.15, -0.1) is 0 Å². The van der Waals surface area contributed by atoms with Gasteiger partial charge in [-0.05, 0) is 37.8 Å². The number of methoxy groups -OCH3 is 1. The molecule has 1 atom stereocenters. The summed E-state index contributed by atoms with van der Waals surface area (Å²) in [5, 5.41) is 5.73. The number of para-hydroxylation sites is 1. The van der Waals surface area contributed by atoms with Crippen LogP contribution in [-0.2, 0) is 16.1 Å². The molecule has 0 saturated carbocycles. The summed E-state index contributed by atoms with van der Waals surface area (Å²) in [4.78, 5) is 35.3. The third-order valence-corrected chi connectivity index (χ3v) is 7.28. The van der Waals surface area contributed by atoms with Gasteiger partial charge in [0.15, 0.2) is 5.17 Å². The number of nitrogens with one attached hydrogen (secondary N) is 1. The lowest BCUT2D eigenvalue weighted by molar-refractivity contribution is -0.127. The molecule has 0 bridgehead atoms. The van der Waals surface area contributed by atoms with Crippen molar-refractivity contribution in [2.75, 3.05) is 20.2 Å². The van der Waals surface area contributed by atoms with Crippen LogP contribution in [0.4, 0.5) is 0 Å². The van der Waals surface area contributed by atoms with E-state index in [1.165, 1.54) is 11.8 Å². The minimum absolute atomic E-state index is 0.0546. The zero-order valence-corrected chi connectivity index (χ0v) is 22.0. The van der Waals surface area contributed by atoms with Crippen LogP contribution in [0.3, 0.4) is 0 Å². The number of ether oxygens (including phenoxy) is 1. The lowest BCUT2D eigenvalue weighted by Crippen LogP contribution is -2.42. The molecule has 0 saturated heterocycles. The fraction of sp³-hybridized carbons (Fsp3) is 0.321. The van der Waals surface area contributed by atoms with Crippen LogP contribution in [0.1, 0.15) is 44.4 Å². The molecule has 0 spiro atoms. The second-order valence-electron chi connectivity index (χ2n) is 8.55. The first kappa shape index (κ1) is 25.6. The SMILES string of the molecule is CCN(CC)C(=O)C1=C(C)N=C2SC=C(CC(=O)NCc3ccccc3)N2C1c1ccccc1OC. The Morgan fingerprint density at radius 3 is 2.47 bits per heavy atom. The standard InChI is InChI=1S/C28H32N4O3S/c1-5-31(6-2)27(34)25-19(3)30-28-32(26(25)22-14-10-11-15-23(22)35-4)21(18-36-28)16-24(33)29-17-20-12-8-7-9-13-20/h7-15,18,26H,5-6,16-17H2,1-4H3,(H,29,33). The van der Waals surface area contributed by atoms with Crippen LogP contribution in [0.2, 0.25) is 0 Å². The summed E-state index contributed by atoms with van der Waals surface area (Å²) in [6, 6.07) is 17.1. The average Bonchev–Trinajstić information content (AvgIpc) is 3.29. The highest BCUT2D eigenvalue weighted by atomic mass is 32.2. The monoisotopic (exact) mass is 504 g/mol. The Hall–Kier alpha value is -3.52. The highest BCUT2D eigenvalue weighted by Crippen LogP contribution is 2.47. The van der Waals surface area contributed by atoms with E-state index in [0.29, 0.717) is 36.7 Å². The van der Waals surface area contributed by atoms with E-state index in [0.717, 1.165) is 22.0 Å². The number of fused-ring (bicyclic) bond motifs is 1. The number of benzene rings is 2. The van der Waals surface area contributed by atoms with E-state index < -0.39 is 6.04 Å². The molecule has 7 nitrogen and oxygen atoms in total. The molecule has 2 amide bonds. The maximum Gasteiger partial charge on any atom is 0.254 e. The molecule has 8 heteroatoms. The molecule has 1 N–H and O–H groups in total. The number of allylic oxidation sites excluding steroid dienone is 1. The molecule has 0 aromatic heterocycles. The molecule has 0 radical (unpaired) electrons. The Balaban J connectivity index is 1.68. The molecule has 36 heavy (non-hydrogen) atoms. The fourth-order valence-corrected chi connectivity index (χ4v) is 5.50. The minimum Gasteiger partial charge on any atom is -0.496 e. The number of hydrogen-bond donors (Lipinski definition) is 1. The van der Waals surface area contributed by atoms with Gasteiger partial charge in [0, 0.05) is 30.9 Å². The number of amidine groups is 1. The van der Waals surface area contributed by atoms with Gasteiger partial charge in [-0.1, -0.05) is 60.3 Å². The van der Waals surface area contributed by atoms with Gasteiger partial charge in [0.25, 0.3) is 5.91 Å². The Labute approximate surface area is 216 Å². The number of thioether (sulfide) groups is 1. The Morgan fingerprint density at radius 2 is 1.78 bits per heavy atom. The average molecular weight is 505 g/mol. The lowest BCUT2D eigenvalue weighted by atomic mass is 9.92. The molecule has 2 aromatic rings. The summed E-state index contributed by atoms with van der Waals surface area (Å²) < 4.78 is 5.71. The van der Waals surface area contributed by atoms with Crippen LogP contribution in [0.15, 0.2) is 82.0 Å². The zero-order chi connectivity index (χ0) is 25.7. The Kier molecular flexibility index (Phi) is 8.15. The van der Waals surface area contributed by atoms with Crippen LogP contribution in [0, 0.1) is 0 Å². The van der Waals surface area contributed by atoms with Crippen molar-refractivity contribution >= 4 is 28.7 Å². The Morgan fingerprint density at radius 1 is 1.08 bits per heavy atom. The maximum absolute atomic E-state index is 13.8. The summed E-state index contributed by atoms with van der Waals surface area (Å²) >= 11 is 1.47. The first-order valence-electron chi connectivity index (χ1n) is 12.2. The van der Waals surface area contributed by atoms with Crippen LogP contribution >= 0.6 is 11.8 Å². The van der Waals surface area contributed by atoms with E-state index in [9.17, 15) is 9.59 Å².